The highest BCUT2D eigenvalue weighted by Gasteiger charge is 2.29. The van der Waals surface area contributed by atoms with E-state index in [4.69, 9.17) is 9.47 Å². The maximum Gasteiger partial charge on any atom is 0.263 e. The number of aromatic hydroxyl groups is 2. The molecule has 10 heteroatoms. The second-order valence-corrected chi connectivity index (χ2v) is 22.3. The zero-order valence-electron chi connectivity index (χ0n) is 41.9. The van der Waals surface area contributed by atoms with Crippen molar-refractivity contribution in [2.45, 2.75) is 130 Å². The molecule has 2 aromatic heterocycles. The average molecular weight is 917 g/mol. The second-order valence-electron chi connectivity index (χ2n) is 22.3. The number of carbonyl (C=O) groups is 2. The van der Waals surface area contributed by atoms with Crippen LogP contribution in [0, 0.1) is 0 Å². The highest BCUT2D eigenvalue weighted by Crippen LogP contribution is 2.44. The van der Waals surface area contributed by atoms with E-state index < -0.39 is 0 Å². The second kappa shape index (κ2) is 19.1. The molecule has 7 rings (SSSR count). The largest absolute Gasteiger partial charge is 0.507 e. The number of fused-ring (bicyclic) bond motifs is 8. The maximum atomic E-state index is 13.5. The van der Waals surface area contributed by atoms with Crippen molar-refractivity contribution in [2.75, 3.05) is 23.8 Å². The van der Waals surface area contributed by atoms with Crippen molar-refractivity contribution in [3.05, 3.63) is 164 Å². The Morgan fingerprint density at radius 2 is 0.721 bits per heavy atom. The minimum atomic E-state index is -0.370. The summed E-state index contributed by atoms with van der Waals surface area (Å²) < 4.78 is 13.3. The monoisotopic (exact) mass is 917 g/mol. The first-order chi connectivity index (χ1) is 31.8. The van der Waals surface area contributed by atoms with Gasteiger partial charge in [-0.25, -0.2) is 9.97 Å². The zero-order valence-corrected chi connectivity index (χ0v) is 41.9. The summed E-state index contributed by atoms with van der Waals surface area (Å²) >= 11 is 0. The molecule has 68 heavy (non-hydrogen) atoms. The first kappa shape index (κ1) is 49.2. The summed E-state index contributed by atoms with van der Waals surface area (Å²) in [5.74, 6) is 1.42. The van der Waals surface area contributed by atoms with Gasteiger partial charge in [-0.05, 0) is 113 Å². The van der Waals surface area contributed by atoms with E-state index in [2.05, 4.69) is 152 Å². The fourth-order valence-corrected chi connectivity index (χ4v) is 8.52. The first-order valence-corrected chi connectivity index (χ1v) is 23.5. The Morgan fingerprint density at radius 3 is 0.956 bits per heavy atom. The van der Waals surface area contributed by atoms with Crippen LogP contribution in [0.25, 0.3) is 0 Å². The number of nitrogens with zero attached hydrogens (tertiary/aromatic N) is 2. The number of anilines is 2. The number of ether oxygens (including phenoxy) is 2. The molecular formula is C58H68N4O6. The van der Waals surface area contributed by atoms with Crippen LogP contribution in [0.1, 0.15) is 150 Å². The van der Waals surface area contributed by atoms with Crippen LogP contribution in [0.4, 0.5) is 11.6 Å². The fraction of sp³-hybridized carbons (Fsp3) is 0.379. The number of nitrogens with one attached hydrogen (secondary N) is 2. The van der Waals surface area contributed by atoms with Crippen molar-refractivity contribution in [1.82, 2.24) is 9.97 Å². The number of phenolic OH excluding ortho intramolecular Hbond substituents is 2. The van der Waals surface area contributed by atoms with Gasteiger partial charge in [0.1, 0.15) is 34.6 Å². The number of carbonyl (C=O) groups excluding carboxylic acids is 2. The molecule has 0 spiro atoms. The van der Waals surface area contributed by atoms with E-state index in [9.17, 15) is 19.8 Å². The predicted octanol–water partition coefficient (Wildman–Crippen LogP) is 11.8. The number of hydrogen-bond donors (Lipinski definition) is 4. The molecule has 6 aromatic rings. The van der Waals surface area contributed by atoms with Crippen molar-refractivity contribution >= 4 is 23.5 Å². The van der Waals surface area contributed by atoms with Gasteiger partial charge in [-0.3, -0.25) is 9.59 Å². The topological polar surface area (TPSA) is 143 Å². The molecule has 4 N–H and O–H groups in total. The number of amides is 2. The van der Waals surface area contributed by atoms with E-state index >= 15 is 0 Å². The van der Waals surface area contributed by atoms with Gasteiger partial charge < -0.3 is 30.3 Å². The quantitative estimate of drug-likeness (QED) is 0.118. The standard InChI is InChI=1S/C58H68N4O6/c1-55(2,3)43-25-35-21-39-29-45(57(7,8)9)31-41(53(39)67-33-49(63)61-47-17-13-15-19-59-47)23-37-27-44(56(4,5)6)28-38(52(37)66)24-42-32-46(58(10,11)12)30-40(22-36(26-43)51(35)65)54(42)68-34-50(64)62-48-18-14-16-20-60-48/h13-20,25-32,65-66H,21-24,33-34H2,1-12H3,(H,59,61,63)(H,60,62,64). The van der Waals surface area contributed by atoms with Crippen LogP contribution in [0.2, 0.25) is 0 Å². The summed E-state index contributed by atoms with van der Waals surface area (Å²) in [7, 11) is 0. The number of hydrogen-bond acceptors (Lipinski definition) is 8. The molecule has 0 radical (unpaired) electrons. The van der Waals surface area contributed by atoms with Crippen LogP contribution < -0.4 is 20.1 Å². The maximum absolute atomic E-state index is 13.5. The Labute approximate surface area is 402 Å². The third kappa shape index (κ3) is 11.7. The predicted molar refractivity (Wildman–Crippen MR) is 272 cm³/mol. The Morgan fingerprint density at radius 1 is 0.456 bits per heavy atom. The number of aromatic nitrogens is 2. The third-order valence-corrected chi connectivity index (χ3v) is 12.6. The minimum Gasteiger partial charge on any atom is -0.507 e. The van der Waals surface area contributed by atoms with Crippen LogP contribution in [-0.4, -0.2) is 45.2 Å². The first-order valence-electron chi connectivity index (χ1n) is 23.5. The third-order valence-electron chi connectivity index (χ3n) is 12.6. The molecule has 0 saturated heterocycles. The van der Waals surface area contributed by atoms with Gasteiger partial charge in [-0.1, -0.05) is 144 Å². The van der Waals surface area contributed by atoms with E-state index in [-0.39, 0.29) is 83.9 Å². The summed E-state index contributed by atoms with van der Waals surface area (Å²) in [5.41, 5.74) is 8.95. The van der Waals surface area contributed by atoms with Gasteiger partial charge in [0, 0.05) is 38.1 Å². The van der Waals surface area contributed by atoms with E-state index in [1.54, 1.807) is 48.8 Å². The van der Waals surface area contributed by atoms with E-state index in [0.29, 0.717) is 45.4 Å². The van der Waals surface area contributed by atoms with Gasteiger partial charge >= 0.3 is 0 Å². The van der Waals surface area contributed by atoms with E-state index in [1.807, 2.05) is 0 Å². The summed E-state index contributed by atoms with van der Waals surface area (Å²) in [6.07, 6.45) is 4.35. The molecule has 2 heterocycles. The van der Waals surface area contributed by atoms with E-state index in [0.717, 1.165) is 44.5 Å². The Hall–Kier alpha value is -6.68. The lowest BCUT2D eigenvalue weighted by Crippen LogP contribution is -2.22. The Bertz CT molecular complexity index is 2540. The highest BCUT2D eigenvalue weighted by molar-refractivity contribution is 5.91. The van der Waals surface area contributed by atoms with Crippen LogP contribution in [0.3, 0.4) is 0 Å². The number of rotatable bonds is 8. The SMILES string of the molecule is CC(C)(C)c1cc2c(O)c(c1)Cc1cc(C(C)(C)C)cc(c1OCC(=O)Nc1ccccn1)Cc1cc(C(C)(C)C)cc(c1O)Cc1cc(C(C)(C)C)cc(c1OCC(=O)Nc1ccccn1)C2. The van der Waals surface area contributed by atoms with Gasteiger partial charge in [0.05, 0.1) is 0 Å². The fourth-order valence-electron chi connectivity index (χ4n) is 8.52. The van der Waals surface area contributed by atoms with Crippen molar-refractivity contribution in [2.24, 2.45) is 0 Å². The smallest absolute Gasteiger partial charge is 0.263 e. The van der Waals surface area contributed by atoms with Gasteiger partial charge in [-0.2, -0.15) is 0 Å². The molecule has 0 atom stereocenters. The summed E-state index contributed by atoms with van der Waals surface area (Å²) in [6.45, 7) is 25.3. The molecule has 0 saturated carbocycles. The average Bonchev–Trinajstić information content (AvgIpc) is 3.24. The molecule has 0 aliphatic heterocycles. The Kier molecular flexibility index (Phi) is 13.9. The van der Waals surface area contributed by atoms with Crippen molar-refractivity contribution < 1.29 is 29.3 Å². The summed E-state index contributed by atoms with van der Waals surface area (Å²) in [6, 6.07) is 27.4. The molecule has 0 unspecified atom stereocenters. The summed E-state index contributed by atoms with van der Waals surface area (Å²) in [4.78, 5) is 35.6. The van der Waals surface area contributed by atoms with Gasteiger partial charge in [0.2, 0.25) is 0 Å². The highest BCUT2D eigenvalue weighted by atomic mass is 16.5. The molecule has 0 fully saturated rings. The van der Waals surface area contributed by atoms with Gasteiger partial charge in [0.25, 0.3) is 11.8 Å². The molecule has 2 amide bonds. The normalized spacial score (nSPS) is 13.1. The van der Waals surface area contributed by atoms with Gasteiger partial charge in [0.15, 0.2) is 13.2 Å². The molecular weight excluding hydrogens is 849 g/mol. The molecule has 8 bridgehead atoms. The minimum absolute atomic E-state index is 0.144. The van der Waals surface area contributed by atoms with Crippen molar-refractivity contribution in [3.8, 4) is 23.0 Å². The molecule has 10 nitrogen and oxygen atoms in total. The van der Waals surface area contributed by atoms with Crippen LogP contribution in [-0.2, 0) is 56.9 Å². The van der Waals surface area contributed by atoms with Crippen molar-refractivity contribution in [1.29, 1.82) is 0 Å². The van der Waals surface area contributed by atoms with Crippen LogP contribution in [0.5, 0.6) is 23.0 Å². The molecule has 4 aromatic carbocycles. The lowest BCUT2D eigenvalue weighted by atomic mass is 9.79. The lowest BCUT2D eigenvalue weighted by Gasteiger charge is -2.28. The number of benzene rings is 4. The lowest BCUT2D eigenvalue weighted by molar-refractivity contribution is -0.118. The van der Waals surface area contributed by atoms with E-state index in [1.165, 1.54) is 0 Å². The molecule has 1 aliphatic carbocycles. The van der Waals surface area contributed by atoms with Crippen LogP contribution in [0.15, 0.2) is 97.3 Å². The number of phenols is 2. The summed E-state index contributed by atoms with van der Waals surface area (Å²) in [5, 5.41) is 30.9. The van der Waals surface area contributed by atoms with Crippen molar-refractivity contribution in [3.63, 3.8) is 0 Å². The van der Waals surface area contributed by atoms with Gasteiger partial charge in [-0.15, -0.1) is 0 Å². The van der Waals surface area contributed by atoms with Crippen LogP contribution >= 0.6 is 0 Å². The molecule has 356 valence electrons. The Balaban J connectivity index is 1.49. The molecule has 1 aliphatic rings. The number of pyridine rings is 2. The zero-order chi connectivity index (χ0) is 49.3.